The van der Waals surface area contributed by atoms with Crippen molar-refractivity contribution in [3.05, 3.63) is 18.0 Å². The van der Waals surface area contributed by atoms with Crippen LogP contribution in [0.2, 0.25) is 0 Å². The van der Waals surface area contributed by atoms with Gasteiger partial charge >= 0.3 is 0 Å². The van der Waals surface area contributed by atoms with E-state index < -0.39 is 0 Å². The Hall–Kier alpha value is -1.89. The van der Waals surface area contributed by atoms with Gasteiger partial charge in [0.25, 0.3) is 0 Å². The molecule has 1 aromatic heterocycles. The van der Waals surface area contributed by atoms with Gasteiger partial charge in [0.15, 0.2) is 5.84 Å². The second-order valence-electron chi connectivity index (χ2n) is 4.39. The molecule has 1 saturated heterocycles. The normalized spacial score (nSPS) is 20.6. The molecule has 2 rings (SSSR count). The van der Waals surface area contributed by atoms with Gasteiger partial charge in [-0.15, -0.1) is 0 Å². The third-order valence-corrected chi connectivity index (χ3v) is 3.08. The molecule has 2 heterocycles. The molecule has 0 aromatic carbocycles. The first-order valence-electron chi connectivity index (χ1n) is 6.42. The van der Waals surface area contributed by atoms with Gasteiger partial charge in [-0.1, -0.05) is 5.16 Å². The van der Waals surface area contributed by atoms with Crippen LogP contribution in [-0.2, 0) is 4.74 Å². The molecular weight excluding hydrogens is 246 g/mol. The summed E-state index contributed by atoms with van der Waals surface area (Å²) >= 11 is 0. The zero-order valence-electron chi connectivity index (χ0n) is 11.0. The van der Waals surface area contributed by atoms with Crippen LogP contribution in [-0.4, -0.2) is 46.8 Å². The van der Waals surface area contributed by atoms with Gasteiger partial charge in [0, 0.05) is 25.9 Å². The van der Waals surface area contributed by atoms with E-state index in [0.717, 1.165) is 25.9 Å². The number of nitrogens with two attached hydrogens (primary N) is 1. The van der Waals surface area contributed by atoms with Crippen molar-refractivity contribution in [1.29, 1.82) is 0 Å². The van der Waals surface area contributed by atoms with Gasteiger partial charge in [0.05, 0.1) is 6.10 Å². The minimum Gasteiger partial charge on any atom is -0.409 e. The molecule has 7 heteroatoms. The Morgan fingerprint density at radius 2 is 2.53 bits per heavy atom. The van der Waals surface area contributed by atoms with Crippen molar-refractivity contribution >= 4 is 11.8 Å². The predicted molar refractivity (Wildman–Crippen MR) is 71.4 cm³/mol. The van der Waals surface area contributed by atoms with Crippen LogP contribution in [0.1, 0.15) is 25.5 Å². The number of nitrogens with zero attached hydrogens (tertiary/aromatic N) is 4. The summed E-state index contributed by atoms with van der Waals surface area (Å²) in [6.45, 7) is 4.37. The molecule has 3 N–H and O–H groups in total. The average Bonchev–Trinajstić information content (AvgIpc) is 2.47. The Balaban J connectivity index is 2.12. The maximum atomic E-state index is 8.67. The maximum absolute atomic E-state index is 8.67. The summed E-state index contributed by atoms with van der Waals surface area (Å²) in [5, 5.41) is 11.6. The van der Waals surface area contributed by atoms with Crippen LogP contribution < -0.4 is 10.6 Å². The first kappa shape index (κ1) is 13.5. The molecule has 1 aromatic rings. The standard InChI is InChI=1S/C12H19N5O2/c1-2-19-9-4-3-7-17(8-9)12-14-6-5-10(15-12)11(13)16-18/h5-6,9,18H,2-4,7-8H2,1H3,(H2,13,16). The molecule has 1 aliphatic heterocycles. The number of ether oxygens (including phenoxy) is 1. The second-order valence-corrected chi connectivity index (χ2v) is 4.39. The molecule has 104 valence electrons. The van der Waals surface area contributed by atoms with Gasteiger partial charge < -0.3 is 20.6 Å². The Labute approximate surface area is 112 Å². The molecule has 19 heavy (non-hydrogen) atoms. The Bertz CT molecular complexity index is 450. The van der Waals surface area contributed by atoms with Crippen molar-refractivity contribution in [2.75, 3.05) is 24.6 Å². The van der Waals surface area contributed by atoms with Crippen molar-refractivity contribution in [3.8, 4) is 0 Å². The highest BCUT2D eigenvalue weighted by Crippen LogP contribution is 2.17. The molecule has 1 fully saturated rings. The quantitative estimate of drug-likeness (QED) is 0.358. The van der Waals surface area contributed by atoms with Gasteiger partial charge in [0.2, 0.25) is 5.95 Å². The van der Waals surface area contributed by atoms with Crippen LogP contribution in [0.5, 0.6) is 0 Å². The minimum absolute atomic E-state index is 0.0120. The van der Waals surface area contributed by atoms with Crippen molar-refractivity contribution in [2.45, 2.75) is 25.9 Å². The lowest BCUT2D eigenvalue weighted by atomic mass is 10.1. The Morgan fingerprint density at radius 1 is 1.68 bits per heavy atom. The van der Waals surface area contributed by atoms with Crippen LogP contribution in [0.4, 0.5) is 5.95 Å². The molecule has 1 atom stereocenters. The number of anilines is 1. The summed E-state index contributed by atoms with van der Waals surface area (Å²) in [6.07, 6.45) is 3.93. The van der Waals surface area contributed by atoms with Gasteiger partial charge in [-0.25, -0.2) is 9.97 Å². The third kappa shape index (κ3) is 3.31. The van der Waals surface area contributed by atoms with E-state index >= 15 is 0 Å². The molecule has 1 unspecified atom stereocenters. The van der Waals surface area contributed by atoms with E-state index in [9.17, 15) is 0 Å². The van der Waals surface area contributed by atoms with Crippen LogP contribution in [0, 0.1) is 0 Å². The molecule has 0 amide bonds. The molecule has 7 nitrogen and oxygen atoms in total. The SMILES string of the molecule is CCOC1CCCN(c2nccc(/C(N)=N/O)n2)C1. The minimum atomic E-state index is -0.0120. The highest BCUT2D eigenvalue weighted by atomic mass is 16.5. The lowest BCUT2D eigenvalue weighted by molar-refractivity contribution is 0.0523. The third-order valence-electron chi connectivity index (χ3n) is 3.08. The van der Waals surface area contributed by atoms with Crippen LogP contribution in [0.3, 0.4) is 0 Å². The maximum Gasteiger partial charge on any atom is 0.226 e. The van der Waals surface area contributed by atoms with E-state index in [1.54, 1.807) is 12.3 Å². The largest absolute Gasteiger partial charge is 0.409 e. The molecule has 0 saturated carbocycles. The Kier molecular flexibility index (Phi) is 4.51. The summed E-state index contributed by atoms with van der Waals surface area (Å²) in [5.41, 5.74) is 5.96. The number of piperidine rings is 1. The number of amidine groups is 1. The van der Waals surface area contributed by atoms with E-state index in [4.69, 9.17) is 15.7 Å². The van der Waals surface area contributed by atoms with Crippen molar-refractivity contribution in [1.82, 2.24) is 9.97 Å². The highest BCUT2D eigenvalue weighted by Gasteiger charge is 2.22. The van der Waals surface area contributed by atoms with Gasteiger partial charge in [-0.3, -0.25) is 0 Å². The lowest BCUT2D eigenvalue weighted by Gasteiger charge is -2.32. The van der Waals surface area contributed by atoms with Crippen LogP contribution in [0.25, 0.3) is 0 Å². The molecule has 0 radical (unpaired) electrons. The highest BCUT2D eigenvalue weighted by molar-refractivity contribution is 5.95. The first-order valence-corrected chi connectivity index (χ1v) is 6.42. The fourth-order valence-electron chi connectivity index (χ4n) is 2.19. The lowest BCUT2D eigenvalue weighted by Crippen LogP contribution is -2.40. The van der Waals surface area contributed by atoms with E-state index in [1.807, 2.05) is 6.92 Å². The summed E-state index contributed by atoms with van der Waals surface area (Å²) < 4.78 is 5.65. The smallest absolute Gasteiger partial charge is 0.226 e. The fraction of sp³-hybridized carbons (Fsp3) is 0.583. The molecule has 1 aliphatic rings. The van der Waals surface area contributed by atoms with Crippen LogP contribution in [0.15, 0.2) is 17.4 Å². The van der Waals surface area contributed by atoms with E-state index in [1.165, 1.54) is 0 Å². The van der Waals surface area contributed by atoms with Crippen molar-refractivity contribution < 1.29 is 9.94 Å². The van der Waals surface area contributed by atoms with Crippen molar-refractivity contribution in [2.24, 2.45) is 10.9 Å². The average molecular weight is 265 g/mol. The Morgan fingerprint density at radius 3 is 3.26 bits per heavy atom. The van der Waals surface area contributed by atoms with E-state index in [-0.39, 0.29) is 11.9 Å². The summed E-state index contributed by atoms with van der Waals surface area (Å²) in [7, 11) is 0. The fourth-order valence-corrected chi connectivity index (χ4v) is 2.19. The monoisotopic (exact) mass is 265 g/mol. The zero-order chi connectivity index (χ0) is 13.7. The van der Waals surface area contributed by atoms with E-state index in [2.05, 4.69) is 20.0 Å². The van der Waals surface area contributed by atoms with Gasteiger partial charge in [-0.2, -0.15) is 0 Å². The molecule has 0 aliphatic carbocycles. The van der Waals surface area contributed by atoms with Crippen LogP contribution >= 0.6 is 0 Å². The summed E-state index contributed by atoms with van der Waals surface area (Å²) in [6, 6.07) is 1.61. The number of rotatable bonds is 4. The number of aromatic nitrogens is 2. The van der Waals surface area contributed by atoms with E-state index in [0.29, 0.717) is 18.2 Å². The zero-order valence-corrected chi connectivity index (χ0v) is 11.0. The predicted octanol–water partition coefficient (Wildman–Crippen LogP) is 0.576. The summed E-state index contributed by atoms with van der Waals surface area (Å²) in [4.78, 5) is 10.6. The molecular formula is C12H19N5O2. The molecule has 0 spiro atoms. The molecule has 0 bridgehead atoms. The van der Waals surface area contributed by atoms with Gasteiger partial charge in [-0.05, 0) is 25.8 Å². The first-order chi connectivity index (χ1) is 9.24. The number of hydrogen-bond donors (Lipinski definition) is 2. The topological polar surface area (TPSA) is 96.9 Å². The second kappa shape index (κ2) is 6.33. The number of oxime groups is 1. The number of hydrogen-bond acceptors (Lipinski definition) is 6. The van der Waals surface area contributed by atoms with Crippen molar-refractivity contribution in [3.63, 3.8) is 0 Å². The summed E-state index contributed by atoms with van der Waals surface area (Å²) in [5.74, 6) is 0.579. The van der Waals surface area contributed by atoms with Gasteiger partial charge in [0.1, 0.15) is 5.69 Å².